The standard InChI is InChI=1S/C17H27N3S/c1-11(2)8-18-9-15(12(3)4)7-16-14(6)19-17-20(16)13(5)10-21-17/h7,10-12,18H,8-9H2,1-6H3. The molecule has 2 rings (SSSR count). The number of thiazole rings is 1. The summed E-state index contributed by atoms with van der Waals surface area (Å²) in [5.74, 6) is 1.22. The molecule has 2 aromatic heterocycles. The number of nitrogens with zero attached hydrogens (tertiary/aromatic N) is 2. The fourth-order valence-corrected chi connectivity index (χ4v) is 3.32. The second kappa shape index (κ2) is 6.75. The molecule has 0 aromatic carbocycles. The first-order valence-corrected chi connectivity index (χ1v) is 8.62. The second-order valence-electron chi connectivity index (χ2n) is 6.48. The number of aromatic nitrogens is 2. The molecular weight excluding hydrogens is 278 g/mol. The third kappa shape index (κ3) is 3.74. The maximum atomic E-state index is 4.67. The summed E-state index contributed by atoms with van der Waals surface area (Å²) in [4.78, 5) is 5.76. The van der Waals surface area contributed by atoms with Gasteiger partial charge >= 0.3 is 0 Å². The third-order valence-electron chi connectivity index (χ3n) is 3.70. The molecule has 0 fully saturated rings. The van der Waals surface area contributed by atoms with Crippen LogP contribution in [0.5, 0.6) is 0 Å². The predicted molar refractivity (Wildman–Crippen MR) is 93.1 cm³/mol. The molecule has 0 aliphatic carbocycles. The van der Waals surface area contributed by atoms with Gasteiger partial charge < -0.3 is 5.32 Å². The molecule has 2 heterocycles. The van der Waals surface area contributed by atoms with Crippen LogP contribution in [-0.4, -0.2) is 22.5 Å². The van der Waals surface area contributed by atoms with Crippen molar-refractivity contribution < 1.29 is 0 Å². The van der Waals surface area contributed by atoms with Crippen molar-refractivity contribution in [3.05, 3.63) is 28.0 Å². The highest BCUT2D eigenvalue weighted by Crippen LogP contribution is 2.23. The van der Waals surface area contributed by atoms with E-state index >= 15 is 0 Å². The Hall–Kier alpha value is -1.13. The first-order valence-electron chi connectivity index (χ1n) is 7.74. The van der Waals surface area contributed by atoms with Gasteiger partial charge in [0.25, 0.3) is 0 Å². The van der Waals surface area contributed by atoms with Crippen molar-refractivity contribution in [2.24, 2.45) is 11.8 Å². The van der Waals surface area contributed by atoms with Gasteiger partial charge in [-0.1, -0.05) is 33.3 Å². The minimum atomic E-state index is 0.536. The molecular formula is C17H27N3S. The predicted octanol–water partition coefficient (Wildman–Crippen LogP) is 4.30. The monoisotopic (exact) mass is 305 g/mol. The largest absolute Gasteiger partial charge is 0.313 e. The molecule has 4 heteroatoms. The Kier molecular flexibility index (Phi) is 5.22. The summed E-state index contributed by atoms with van der Waals surface area (Å²) in [7, 11) is 0. The summed E-state index contributed by atoms with van der Waals surface area (Å²) in [6.45, 7) is 15.3. The van der Waals surface area contributed by atoms with Crippen LogP contribution in [0.3, 0.4) is 0 Å². The molecule has 0 aliphatic rings. The van der Waals surface area contributed by atoms with Crippen LogP contribution in [0.25, 0.3) is 11.0 Å². The van der Waals surface area contributed by atoms with Crippen molar-refractivity contribution in [3.63, 3.8) is 0 Å². The first-order chi connectivity index (χ1) is 9.90. The quantitative estimate of drug-likeness (QED) is 0.862. The molecule has 116 valence electrons. The van der Waals surface area contributed by atoms with Gasteiger partial charge in [-0.25, -0.2) is 4.98 Å². The molecule has 0 amide bonds. The van der Waals surface area contributed by atoms with Crippen molar-refractivity contribution in [1.29, 1.82) is 0 Å². The van der Waals surface area contributed by atoms with Gasteiger partial charge in [-0.2, -0.15) is 0 Å². The normalized spacial score (nSPS) is 13.0. The number of hydrogen-bond acceptors (Lipinski definition) is 3. The number of hydrogen-bond donors (Lipinski definition) is 1. The maximum Gasteiger partial charge on any atom is 0.194 e. The van der Waals surface area contributed by atoms with E-state index in [0.717, 1.165) is 23.7 Å². The summed E-state index contributed by atoms with van der Waals surface area (Å²) in [5, 5.41) is 5.73. The van der Waals surface area contributed by atoms with Crippen molar-refractivity contribution in [1.82, 2.24) is 14.7 Å². The number of nitrogens with one attached hydrogen (secondary N) is 1. The van der Waals surface area contributed by atoms with E-state index in [0.29, 0.717) is 11.8 Å². The summed E-state index contributed by atoms with van der Waals surface area (Å²) in [6, 6.07) is 0. The molecule has 0 saturated carbocycles. The zero-order valence-electron chi connectivity index (χ0n) is 14.0. The molecule has 0 bridgehead atoms. The Morgan fingerprint density at radius 2 is 2.05 bits per heavy atom. The van der Waals surface area contributed by atoms with Crippen LogP contribution in [-0.2, 0) is 0 Å². The van der Waals surface area contributed by atoms with Gasteiger partial charge in [0.05, 0.1) is 11.4 Å². The highest BCUT2D eigenvalue weighted by molar-refractivity contribution is 7.15. The lowest BCUT2D eigenvalue weighted by Gasteiger charge is -2.14. The van der Waals surface area contributed by atoms with E-state index in [9.17, 15) is 0 Å². The fraction of sp³-hybridized carbons (Fsp3) is 0.588. The summed E-state index contributed by atoms with van der Waals surface area (Å²) in [6.07, 6.45) is 2.33. The Morgan fingerprint density at radius 1 is 1.33 bits per heavy atom. The van der Waals surface area contributed by atoms with Crippen molar-refractivity contribution in [2.75, 3.05) is 13.1 Å². The van der Waals surface area contributed by atoms with Gasteiger partial charge in [0.1, 0.15) is 0 Å². The maximum absolute atomic E-state index is 4.67. The van der Waals surface area contributed by atoms with Gasteiger partial charge in [0, 0.05) is 17.6 Å². The topological polar surface area (TPSA) is 29.3 Å². The SMILES string of the molecule is Cc1nc2scc(C)n2c1C=C(CNCC(C)C)C(C)C. The van der Waals surface area contributed by atoms with Crippen LogP contribution in [0, 0.1) is 25.7 Å². The molecule has 3 nitrogen and oxygen atoms in total. The first kappa shape index (κ1) is 16.2. The van der Waals surface area contributed by atoms with Crippen molar-refractivity contribution in [2.45, 2.75) is 41.5 Å². The molecule has 21 heavy (non-hydrogen) atoms. The minimum absolute atomic E-state index is 0.536. The smallest absolute Gasteiger partial charge is 0.194 e. The van der Waals surface area contributed by atoms with Crippen LogP contribution in [0.2, 0.25) is 0 Å². The van der Waals surface area contributed by atoms with E-state index in [4.69, 9.17) is 0 Å². The molecule has 2 aromatic rings. The van der Waals surface area contributed by atoms with Gasteiger partial charge in [0.2, 0.25) is 0 Å². The summed E-state index contributed by atoms with van der Waals surface area (Å²) < 4.78 is 2.27. The summed E-state index contributed by atoms with van der Waals surface area (Å²) >= 11 is 1.71. The van der Waals surface area contributed by atoms with Gasteiger partial charge in [-0.05, 0) is 38.3 Å². The lowest BCUT2D eigenvalue weighted by molar-refractivity contribution is 0.558. The zero-order chi connectivity index (χ0) is 15.6. The highest BCUT2D eigenvalue weighted by Gasteiger charge is 2.12. The molecule has 0 saturated heterocycles. The Bertz CT molecular complexity index is 632. The Balaban J connectivity index is 2.31. The molecule has 0 aliphatic heterocycles. The van der Waals surface area contributed by atoms with Crippen molar-refractivity contribution in [3.8, 4) is 0 Å². The fourth-order valence-electron chi connectivity index (χ4n) is 2.40. The van der Waals surface area contributed by atoms with Crippen molar-refractivity contribution >= 4 is 22.4 Å². The molecule has 0 unspecified atom stereocenters. The third-order valence-corrected chi connectivity index (χ3v) is 4.64. The average molecular weight is 305 g/mol. The van der Waals surface area contributed by atoms with Gasteiger partial charge in [0.15, 0.2) is 4.96 Å². The molecule has 0 radical (unpaired) electrons. The van der Waals surface area contributed by atoms with Crippen LogP contribution in [0.4, 0.5) is 0 Å². The summed E-state index contributed by atoms with van der Waals surface area (Å²) in [5.41, 5.74) is 5.05. The average Bonchev–Trinajstić information content (AvgIpc) is 2.88. The highest BCUT2D eigenvalue weighted by atomic mass is 32.1. The Labute approximate surface area is 132 Å². The van der Waals surface area contributed by atoms with Gasteiger partial charge in [-0.15, -0.1) is 11.3 Å². The molecule has 1 N–H and O–H groups in total. The minimum Gasteiger partial charge on any atom is -0.313 e. The van der Waals surface area contributed by atoms with E-state index in [-0.39, 0.29) is 0 Å². The van der Waals surface area contributed by atoms with E-state index in [1.54, 1.807) is 11.3 Å². The lowest BCUT2D eigenvalue weighted by Crippen LogP contribution is -2.23. The second-order valence-corrected chi connectivity index (χ2v) is 7.31. The van der Waals surface area contributed by atoms with Crippen LogP contribution < -0.4 is 5.32 Å². The number of fused-ring (bicyclic) bond motifs is 1. The van der Waals surface area contributed by atoms with Crippen LogP contribution >= 0.6 is 11.3 Å². The zero-order valence-corrected chi connectivity index (χ0v) is 14.8. The Morgan fingerprint density at radius 3 is 2.67 bits per heavy atom. The molecule has 0 spiro atoms. The van der Waals surface area contributed by atoms with Crippen LogP contribution in [0.15, 0.2) is 11.0 Å². The lowest BCUT2D eigenvalue weighted by atomic mass is 10.0. The van der Waals surface area contributed by atoms with E-state index < -0.39 is 0 Å². The van der Waals surface area contributed by atoms with E-state index in [1.807, 2.05) is 0 Å². The number of imidazole rings is 1. The number of rotatable bonds is 6. The van der Waals surface area contributed by atoms with E-state index in [2.05, 4.69) is 67.7 Å². The van der Waals surface area contributed by atoms with Crippen LogP contribution in [0.1, 0.15) is 44.8 Å². The number of aryl methyl sites for hydroxylation is 2. The molecule has 0 atom stereocenters. The van der Waals surface area contributed by atoms with E-state index in [1.165, 1.54) is 17.0 Å². The van der Waals surface area contributed by atoms with Gasteiger partial charge in [-0.3, -0.25) is 4.40 Å².